The zero-order chi connectivity index (χ0) is 20.0. The lowest BCUT2D eigenvalue weighted by molar-refractivity contribution is -0.134. The van der Waals surface area contributed by atoms with Gasteiger partial charge in [0.2, 0.25) is 0 Å². The number of H-pyrrole nitrogens is 1. The van der Waals surface area contributed by atoms with Crippen molar-refractivity contribution < 1.29 is 22.8 Å². The maximum atomic E-state index is 11.5. The number of carboxylic acids is 1. The quantitative estimate of drug-likeness (QED) is 0.715. The number of sulfone groups is 1. The van der Waals surface area contributed by atoms with Crippen molar-refractivity contribution >= 4 is 15.8 Å². The molecule has 0 bridgehead atoms. The van der Waals surface area contributed by atoms with Gasteiger partial charge in [-0.1, -0.05) is 12.1 Å². The van der Waals surface area contributed by atoms with E-state index in [1.165, 1.54) is 12.3 Å². The Labute approximate surface area is 157 Å². The van der Waals surface area contributed by atoms with Crippen molar-refractivity contribution in [2.75, 3.05) is 12.8 Å². The maximum absolute atomic E-state index is 11.5. The van der Waals surface area contributed by atoms with Crippen molar-refractivity contribution in [2.24, 2.45) is 0 Å². The van der Waals surface area contributed by atoms with E-state index in [4.69, 9.17) is 14.4 Å². The lowest BCUT2D eigenvalue weighted by atomic mass is 9.87. The molecule has 0 radical (unpaired) electrons. The molecule has 2 atom stereocenters. The van der Waals surface area contributed by atoms with Gasteiger partial charge in [0.05, 0.1) is 4.90 Å². The molecule has 1 aliphatic rings. The highest BCUT2D eigenvalue weighted by atomic mass is 32.2. The molecule has 9 heteroatoms. The molecule has 2 unspecified atom stereocenters. The van der Waals surface area contributed by atoms with Crippen molar-refractivity contribution in [1.82, 2.24) is 10.5 Å². The number of benzene rings is 1. The smallest absolute Gasteiger partial charge is 0.300 e. The van der Waals surface area contributed by atoms with Crippen molar-refractivity contribution in [1.29, 1.82) is 0 Å². The minimum absolute atomic E-state index is 0.202. The Bertz CT molecular complexity index is 910. The molecular formula is C18H24N2O6S. The monoisotopic (exact) mass is 396 g/mol. The summed E-state index contributed by atoms with van der Waals surface area (Å²) in [5.74, 6) is 0.115. The predicted octanol–water partition coefficient (Wildman–Crippen LogP) is 1.54. The SMILES string of the molecule is CC(=O)O.CS(=O)(=O)c1ccc(CC2CC(c3cc(=O)[nH]o3)CCN2)cc1. The lowest BCUT2D eigenvalue weighted by Gasteiger charge is -2.29. The fourth-order valence-corrected chi connectivity index (χ4v) is 3.71. The molecule has 0 spiro atoms. The minimum Gasteiger partial charge on any atom is -0.481 e. The van der Waals surface area contributed by atoms with Crippen LogP contribution in [-0.4, -0.2) is 43.5 Å². The Balaban J connectivity index is 0.000000596. The number of aromatic nitrogens is 1. The largest absolute Gasteiger partial charge is 0.481 e. The van der Waals surface area contributed by atoms with Crippen molar-refractivity contribution in [3.05, 3.63) is 52.0 Å². The van der Waals surface area contributed by atoms with E-state index >= 15 is 0 Å². The van der Waals surface area contributed by atoms with Crippen LogP contribution in [-0.2, 0) is 21.1 Å². The van der Waals surface area contributed by atoms with Gasteiger partial charge in [0.25, 0.3) is 11.5 Å². The molecule has 0 saturated carbocycles. The van der Waals surface area contributed by atoms with Crippen LogP contribution in [0.4, 0.5) is 0 Å². The van der Waals surface area contributed by atoms with E-state index in [9.17, 15) is 13.2 Å². The van der Waals surface area contributed by atoms with Crippen LogP contribution in [0.5, 0.6) is 0 Å². The first-order chi connectivity index (χ1) is 12.6. The summed E-state index contributed by atoms with van der Waals surface area (Å²) in [6.45, 7) is 1.95. The Kier molecular flexibility index (Phi) is 6.98. The first-order valence-corrected chi connectivity index (χ1v) is 10.4. The zero-order valence-electron chi connectivity index (χ0n) is 15.3. The van der Waals surface area contributed by atoms with Gasteiger partial charge in [-0.2, -0.15) is 5.16 Å². The Morgan fingerprint density at radius 3 is 2.44 bits per heavy atom. The molecule has 1 fully saturated rings. The van der Waals surface area contributed by atoms with Crippen molar-refractivity contribution in [3.63, 3.8) is 0 Å². The fourth-order valence-electron chi connectivity index (χ4n) is 3.08. The highest BCUT2D eigenvalue weighted by Gasteiger charge is 2.25. The molecular weight excluding hydrogens is 372 g/mol. The number of carbonyl (C=O) groups is 1. The standard InChI is InChI=1S/C16H20N2O4S.C2H4O2/c1-23(20,21)14-4-2-11(3-5-14)8-13-9-12(6-7-17-13)15-10-16(19)18-22-15;1-2(3)4/h2-5,10,12-13,17H,6-9H2,1H3,(H,18,19);1H3,(H,3,4). The molecule has 1 saturated heterocycles. The number of hydrogen-bond acceptors (Lipinski definition) is 6. The molecule has 0 aliphatic carbocycles. The van der Waals surface area contributed by atoms with Gasteiger partial charge >= 0.3 is 0 Å². The summed E-state index contributed by atoms with van der Waals surface area (Å²) in [5.41, 5.74) is 0.887. The number of nitrogens with one attached hydrogen (secondary N) is 2. The molecule has 3 N–H and O–H groups in total. The number of aliphatic carboxylic acids is 1. The van der Waals surface area contributed by atoms with Gasteiger partial charge in [-0.15, -0.1) is 0 Å². The molecule has 1 aromatic heterocycles. The van der Waals surface area contributed by atoms with E-state index in [-0.39, 0.29) is 17.5 Å². The summed E-state index contributed by atoms with van der Waals surface area (Å²) in [5, 5.41) is 13.2. The van der Waals surface area contributed by atoms with E-state index in [1.54, 1.807) is 12.1 Å². The lowest BCUT2D eigenvalue weighted by Crippen LogP contribution is -2.38. The van der Waals surface area contributed by atoms with Crippen LogP contribution in [0, 0.1) is 0 Å². The second kappa shape index (κ2) is 9.01. The van der Waals surface area contributed by atoms with Gasteiger partial charge in [-0.05, 0) is 43.5 Å². The molecule has 3 rings (SSSR count). The molecule has 2 aromatic rings. The van der Waals surface area contributed by atoms with Gasteiger partial charge in [-0.25, -0.2) is 8.42 Å². The van der Waals surface area contributed by atoms with E-state index in [0.29, 0.717) is 10.7 Å². The van der Waals surface area contributed by atoms with Crippen LogP contribution in [0.1, 0.15) is 37.0 Å². The van der Waals surface area contributed by atoms with Crippen molar-refractivity contribution in [2.45, 2.75) is 43.0 Å². The Hall–Kier alpha value is -2.39. The summed E-state index contributed by atoms with van der Waals surface area (Å²) in [7, 11) is -3.16. The molecule has 2 heterocycles. The van der Waals surface area contributed by atoms with Crippen LogP contribution < -0.4 is 10.9 Å². The average molecular weight is 396 g/mol. The summed E-state index contributed by atoms with van der Waals surface area (Å²) < 4.78 is 28.2. The first kappa shape index (κ1) is 20.9. The van der Waals surface area contributed by atoms with E-state index < -0.39 is 15.8 Å². The normalized spacial score (nSPS) is 19.8. The third-order valence-electron chi connectivity index (χ3n) is 4.27. The molecule has 1 aromatic carbocycles. The zero-order valence-corrected chi connectivity index (χ0v) is 16.1. The van der Waals surface area contributed by atoms with Crippen LogP contribution in [0.15, 0.2) is 44.5 Å². The third-order valence-corrected chi connectivity index (χ3v) is 5.40. The fraction of sp³-hybridized carbons (Fsp3) is 0.444. The van der Waals surface area contributed by atoms with Crippen LogP contribution in [0.3, 0.4) is 0 Å². The molecule has 0 amide bonds. The van der Waals surface area contributed by atoms with E-state index in [0.717, 1.165) is 38.3 Å². The predicted molar refractivity (Wildman–Crippen MR) is 99.7 cm³/mol. The molecule has 8 nitrogen and oxygen atoms in total. The molecule has 148 valence electrons. The van der Waals surface area contributed by atoms with E-state index in [2.05, 4.69) is 10.5 Å². The third kappa shape index (κ3) is 6.69. The van der Waals surface area contributed by atoms with Gasteiger partial charge in [0.15, 0.2) is 9.84 Å². The topological polar surface area (TPSA) is 129 Å². The summed E-state index contributed by atoms with van der Waals surface area (Å²) in [4.78, 5) is 20.5. The number of piperidine rings is 1. The van der Waals surface area contributed by atoms with Gasteiger partial charge in [-0.3, -0.25) is 9.59 Å². The summed E-state index contributed by atoms with van der Waals surface area (Å²) in [6, 6.07) is 8.81. The second-order valence-corrected chi connectivity index (χ2v) is 8.64. The summed E-state index contributed by atoms with van der Waals surface area (Å²) in [6.07, 6.45) is 3.84. The van der Waals surface area contributed by atoms with E-state index in [1.807, 2.05) is 12.1 Å². The summed E-state index contributed by atoms with van der Waals surface area (Å²) >= 11 is 0. The van der Waals surface area contributed by atoms with Crippen LogP contribution >= 0.6 is 0 Å². The average Bonchev–Trinajstić information content (AvgIpc) is 3.01. The highest BCUT2D eigenvalue weighted by molar-refractivity contribution is 7.90. The van der Waals surface area contributed by atoms with Gasteiger partial charge in [0.1, 0.15) is 5.76 Å². The van der Waals surface area contributed by atoms with Gasteiger partial charge in [0, 0.05) is 31.2 Å². The first-order valence-electron chi connectivity index (χ1n) is 8.55. The van der Waals surface area contributed by atoms with Gasteiger partial charge < -0.3 is 14.9 Å². The minimum atomic E-state index is -3.16. The molecule has 27 heavy (non-hydrogen) atoms. The number of hydrogen-bond donors (Lipinski definition) is 3. The Morgan fingerprint density at radius 1 is 1.30 bits per heavy atom. The van der Waals surface area contributed by atoms with Crippen LogP contribution in [0.25, 0.3) is 0 Å². The van der Waals surface area contributed by atoms with Crippen LogP contribution in [0.2, 0.25) is 0 Å². The van der Waals surface area contributed by atoms with Crippen molar-refractivity contribution in [3.8, 4) is 0 Å². The second-order valence-electron chi connectivity index (χ2n) is 6.63. The highest BCUT2D eigenvalue weighted by Crippen LogP contribution is 2.28. The molecule has 1 aliphatic heterocycles. The number of aromatic amines is 1. The Morgan fingerprint density at radius 2 is 1.93 bits per heavy atom. The number of rotatable bonds is 4. The maximum Gasteiger partial charge on any atom is 0.300 e. The number of carboxylic acid groups (broad SMARTS) is 1.